The zero-order chi connectivity index (χ0) is 14.0. The van der Waals surface area contributed by atoms with E-state index in [4.69, 9.17) is 11.6 Å². The van der Waals surface area contributed by atoms with Crippen molar-refractivity contribution in [1.29, 1.82) is 0 Å². The molecule has 0 saturated carbocycles. The number of alkyl halides is 3. The van der Waals surface area contributed by atoms with E-state index >= 15 is 0 Å². The number of hydrogen-bond acceptors (Lipinski definition) is 3. The summed E-state index contributed by atoms with van der Waals surface area (Å²) >= 11 is 10.4. The van der Waals surface area contributed by atoms with Gasteiger partial charge in [-0.15, -0.1) is 11.3 Å². The Balaban J connectivity index is 2.14. The van der Waals surface area contributed by atoms with E-state index < -0.39 is 11.7 Å². The first-order valence-corrected chi connectivity index (χ1v) is 7.11. The van der Waals surface area contributed by atoms with Crippen molar-refractivity contribution in [2.45, 2.75) is 12.7 Å². The third-order valence-corrected chi connectivity index (χ3v) is 4.08. The molecule has 1 N–H and O–H groups in total. The molecule has 2 rings (SSSR count). The molecule has 0 saturated heterocycles. The van der Waals surface area contributed by atoms with Crippen LogP contribution in [0.5, 0.6) is 0 Å². The quantitative estimate of drug-likeness (QED) is 0.751. The number of nitrogens with zero attached hydrogens (tertiary/aromatic N) is 1. The van der Waals surface area contributed by atoms with Gasteiger partial charge < -0.3 is 5.32 Å². The first kappa shape index (κ1) is 14.6. The van der Waals surface area contributed by atoms with E-state index in [2.05, 4.69) is 26.2 Å². The van der Waals surface area contributed by atoms with Crippen molar-refractivity contribution >= 4 is 44.7 Å². The molecule has 0 aliphatic carbocycles. The molecule has 102 valence electrons. The zero-order valence-corrected chi connectivity index (χ0v) is 12.4. The second kappa shape index (κ2) is 5.68. The molecule has 0 bridgehead atoms. The minimum Gasteiger partial charge on any atom is -0.365 e. The zero-order valence-electron chi connectivity index (χ0n) is 9.26. The van der Waals surface area contributed by atoms with Crippen LogP contribution in [-0.4, -0.2) is 4.98 Å². The van der Waals surface area contributed by atoms with Gasteiger partial charge in [-0.05, 0) is 34.1 Å². The second-order valence-electron chi connectivity index (χ2n) is 3.65. The largest absolute Gasteiger partial charge is 0.416 e. The molecule has 0 atom stereocenters. The molecule has 0 fully saturated rings. The highest BCUT2D eigenvalue weighted by Gasteiger charge is 2.31. The molecule has 0 aromatic carbocycles. The second-order valence-corrected chi connectivity index (χ2v) is 5.95. The fourth-order valence-corrected chi connectivity index (χ4v) is 2.97. The summed E-state index contributed by atoms with van der Waals surface area (Å²) in [5, 5.41) is 4.52. The average molecular weight is 372 g/mol. The van der Waals surface area contributed by atoms with Gasteiger partial charge >= 0.3 is 6.18 Å². The molecule has 0 unspecified atom stereocenters. The van der Waals surface area contributed by atoms with E-state index in [1.54, 1.807) is 0 Å². The third-order valence-electron chi connectivity index (χ3n) is 2.19. The first-order chi connectivity index (χ1) is 8.84. The van der Waals surface area contributed by atoms with E-state index in [1.165, 1.54) is 11.3 Å². The van der Waals surface area contributed by atoms with Gasteiger partial charge in [0.2, 0.25) is 0 Å². The normalized spacial score (nSPS) is 11.6. The third kappa shape index (κ3) is 4.09. The van der Waals surface area contributed by atoms with Crippen LogP contribution in [0.2, 0.25) is 5.15 Å². The van der Waals surface area contributed by atoms with E-state index in [0.29, 0.717) is 6.54 Å². The summed E-state index contributed by atoms with van der Waals surface area (Å²) in [6, 6.07) is 3.62. The highest BCUT2D eigenvalue weighted by Crippen LogP contribution is 2.32. The monoisotopic (exact) mass is 370 g/mol. The van der Waals surface area contributed by atoms with Crippen LogP contribution in [0, 0.1) is 0 Å². The Kier molecular flexibility index (Phi) is 4.37. The molecule has 2 nitrogen and oxygen atoms in total. The van der Waals surface area contributed by atoms with Crippen molar-refractivity contribution in [1.82, 2.24) is 4.98 Å². The van der Waals surface area contributed by atoms with Gasteiger partial charge in [-0.2, -0.15) is 13.2 Å². The maximum atomic E-state index is 12.6. The first-order valence-electron chi connectivity index (χ1n) is 5.06. The maximum Gasteiger partial charge on any atom is 0.416 e. The van der Waals surface area contributed by atoms with E-state index in [9.17, 15) is 13.2 Å². The number of thiophene rings is 1. The molecule has 2 aromatic heterocycles. The van der Waals surface area contributed by atoms with E-state index in [1.807, 2.05) is 11.4 Å². The highest BCUT2D eigenvalue weighted by atomic mass is 79.9. The SMILES string of the molecule is FC(F)(F)c1cc(Cl)nc(NCc2cc(Br)cs2)c1. The fraction of sp³-hybridized carbons (Fsp3) is 0.182. The lowest BCUT2D eigenvalue weighted by atomic mass is 10.2. The van der Waals surface area contributed by atoms with Crippen LogP contribution < -0.4 is 5.32 Å². The molecule has 0 radical (unpaired) electrons. The summed E-state index contributed by atoms with van der Waals surface area (Å²) in [4.78, 5) is 4.79. The summed E-state index contributed by atoms with van der Waals surface area (Å²) in [5.74, 6) is 0.101. The van der Waals surface area contributed by atoms with Crippen molar-refractivity contribution in [3.8, 4) is 0 Å². The summed E-state index contributed by atoms with van der Waals surface area (Å²) in [6.07, 6.45) is -4.44. The predicted octanol–water partition coefficient (Wildman–Crippen LogP) is 5.19. The van der Waals surface area contributed by atoms with Crippen LogP contribution in [0.3, 0.4) is 0 Å². The lowest BCUT2D eigenvalue weighted by molar-refractivity contribution is -0.137. The van der Waals surface area contributed by atoms with Crippen LogP contribution >= 0.6 is 38.9 Å². The summed E-state index contributed by atoms with van der Waals surface area (Å²) in [5.41, 5.74) is -0.817. The predicted molar refractivity (Wildman–Crippen MR) is 73.6 cm³/mol. The van der Waals surface area contributed by atoms with Gasteiger partial charge in [0.15, 0.2) is 0 Å². The van der Waals surface area contributed by atoms with Crippen LogP contribution in [0.4, 0.5) is 19.0 Å². The number of hydrogen-bond donors (Lipinski definition) is 1. The Morgan fingerprint density at radius 3 is 2.63 bits per heavy atom. The van der Waals surface area contributed by atoms with Gasteiger partial charge in [0, 0.05) is 14.7 Å². The van der Waals surface area contributed by atoms with Gasteiger partial charge in [0.1, 0.15) is 11.0 Å². The van der Waals surface area contributed by atoms with Crippen molar-refractivity contribution in [3.05, 3.63) is 43.6 Å². The van der Waals surface area contributed by atoms with Crippen LogP contribution in [0.15, 0.2) is 28.1 Å². The van der Waals surface area contributed by atoms with Crippen molar-refractivity contribution < 1.29 is 13.2 Å². The molecule has 2 aromatic rings. The Labute approximate surface area is 124 Å². The van der Waals surface area contributed by atoms with E-state index in [0.717, 1.165) is 21.5 Å². The molecule has 2 heterocycles. The lowest BCUT2D eigenvalue weighted by Gasteiger charge is -2.10. The molecule has 0 spiro atoms. The van der Waals surface area contributed by atoms with Gasteiger partial charge in [0.05, 0.1) is 12.1 Å². The molecule has 0 aliphatic rings. The highest BCUT2D eigenvalue weighted by molar-refractivity contribution is 9.10. The smallest absolute Gasteiger partial charge is 0.365 e. The number of nitrogens with one attached hydrogen (secondary N) is 1. The molecular weight excluding hydrogens is 365 g/mol. The summed E-state index contributed by atoms with van der Waals surface area (Å²) in [7, 11) is 0. The number of halogens is 5. The Bertz CT molecular complexity index is 586. The van der Waals surface area contributed by atoms with Gasteiger partial charge in [-0.3, -0.25) is 0 Å². The van der Waals surface area contributed by atoms with Crippen LogP contribution in [0.25, 0.3) is 0 Å². The van der Waals surface area contributed by atoms with Gasteiger partial charge in [-0.1, -0.05) is 11.6 Å². The molecule has 8 heteroatoms. The van der Waals surface area contributed by atoms with Gasteiger partial charge in [-0.25, -0.2) is 4.98 Å². The number of pyridine rings is 1. The molecule has 19 heavy (non-hydrogen) atoms. The number of rotatable bonds is 3. The van der Waals surface area contributed by atoms with Crippen molar-refractivity contribution in [2.75, 3.05) is 5.32 Å². The van der Waals surface area contributed by atoms with Gasteiger partial charge in [0.25, 0.3) is 0 Å². The van der Waals surface area contributed by atoms with Crippen molar-refractivity contribution in [3.63, 3.8) is 0 Å². The Morgan fingerprint density at radius 1 is 1.32 bits per heavy atom. The maximum absolute atomic E-state index is 12.6. The van der Waals surface area contributed by atoms with Crippen LogP contribution in [-0.2, 0) is 12.7 Å². The standard InChI is InChI=1S/C11H7BrClF3N2S/c12-7-3-8(19-5-7)4-17-10-2-6(11(14,15)16)1-9(13)18-10/h1-3,5H,4H2,(H,17,18). The van der Waals surface area contributed by atoms with E-state index in [-0.39, 0.29) is 11.0 Å². The number of aromatic nitrogens is 1. The number of anilines is 1. The molecule has 0 aliphatic heterocycles. The Hall–Kier alpha value is -0.790. The molecular formula is C11H7BrClF3N2S. The van der Waals surface area contributed by atoms with Crippen LogP contribution in [0.1, 0.15) is 10.4 Å². The average Bonchev–Trinajstić information content (AvgIpc) is 2.71. The topological polar surface area (TPSA) is 24.9 Å². The minimum atomic E-state index is -4.44. The Morgan fingerprint density at radius 2 is 2.05 bits per heavy atom. The lowest BCUT2D eigenvalue weighted by Crippen LogP contribution is -2.08. The molecule has 0 amide bonds. The summed E-state index contributed by atoms with van der Waals surface area (Å²) < 4.78 is 38.7. The van der Waals surface area contributed by atoms with Crippen molar-refractivity contribution in [2.24, 2.45) is 0 Å². The summed E-state index contributed by atoms with van der Waals surface area (Å²) in [6.45, 7) is 0.390. The fourth-order valence-electron chi connectivity index (χ4n) is 1.38. The minimum absolute atomic E-state index is 0.101.